The van der Waals surface area contributed by atoms with Crippen LogP contribution < -0.4 is 0 Å². The summed E-state index contributed by atoms with van der Waals surface area (Å²) in [6.07, 6.45) is 0. The summed E-state index contributed by atoms with van der Waals surface area (Å²) in [5.74, 6) is 0. The van der Waals surface area contributed by atoms with Crippen molar-refractivity contribution >= 4 is 23.0 Å². The van der Waals surface area contributed by atoms with E-state index in [4.69, 9.17) is 11.6 Å². The van der Waals surface area contributed by atoms with Crippen LogP contribution in [-0.2, 0) is 0 Å². The third kappa shape index (κ3) is 2.64. The minimum absolute atomic E-state index is 0.609. The molecule has 0 unspecified atom stereocenters. The first-order chi connectivity index (χ1) is 7.36. The number of azo groups is 1. The lowest BCUT2D eigenvalue weighted by Crippen LogP contribution is -1.66. The molecule has 0 aliphatic carbocycles. The van der Waals surface area contributed by atoms with Crippen molar-refractivity contribution in [1.82, 2.24) is 0 Å². The molecule has 2 aromatic carbocycles. The van der Waals surface area contributed by atoms with Crippen LogP contribution in [0.5, 0.6) is 0 Å². The lowest BCUT2D eigenvalue weighted by atomic mass is 10.3. The number of hydrogen-bond acceptors (Lipinski definition) is 2. The zero-order chi connectivity index (χ0) is 10.5. The van der Waals surface area contributed by atoms with E-state index in [1.807, 2.05) is 48.5 Å². The monoisotopic (exact) mass is 216 g/mol. The molecule has 3 heteroatoms. The van der Waals surface area contributed by atoms with Gasteiger partial charge in [-0.15, -0.1) is 5.11 Å². The Morgan fingerprint density at radius 1 is 0.733 bits per heavy atom. The van der Waals surface area contributed by atoms with Gasteiger partial charge in [-0.2, -0.15) is 5.11 Å². The number of benzene rings is 2. The standard InChI is InChI=1S/C12H9ClN2/c13-11-8-4-5-9-12(11)15-14-10-6-2-1-3-7-10/h1-9H. The van der Waals surface area contributed by atoms with Crippen LogP contribution in [0, 0.1) is 0 Å². The minimum atomic E-state index is 0.609. The largest absolute Gasteiger partial charge is 0.151 e. The fourth-order valence-corrected chi connectivity index (χ4v) is 1.31. The van der Waals surface area contributed by atoms with Crippen LogP contribution in [0.3, 0.4) is 0 Å². The Hall–Kier alpha value is -1.67. The van der Waals surface area contributed by atoms with Gasteiger partial charge in [0.15, 0.2) is 0 Å². The second-order valence-corrected chi connectivity index (χ2v) is 3.39. The summed E-state index contributed by atoms with van der Waals surface area (Å²) in [5.41, 5.74) is 1.50. The normalized spacial score (nSPS) is 10.7. The predicted octanol–water partition coefficient (Wildman–Crippen LogP) is 4.76. The first-order valence-electron chi connectivity index (χ1n) is 4.57. The van der Waals surface area contributed by atoms with Crippen molar-refractivity contribution in [2.75, 3.05) is 0 Å². The lowest BCUT2D eigenvalue weighted by Gasteiger charge is -1.94. The van der Waals surface area contributed by atoms with E-state index in [-0.39, 0.29) is 0 Å². The van der Waals surface area contributed by atoms with E-state index >= 15 is 0 Å². The van der Waals surface area contributed by atoms with E-state index in [2.05, 4.69) is 10.2 Å². The van der Waals surface area contributed by atoms with Crippen LogP contribution in [0.4, 0.5) is 11.4 Å². The maximum Gasteiger partial charge on any atom is 0.104 e. The summed E-state index contributed by atoms with van der Waals surface area (Å²) in [5, 5.41) is 8.76. The third-order valence-corrected chi connectivity index (χ3v) is 2.20. The van der Waals surface area contributed by atoms with Crippen molar-refractivity contribution in [3.63, 3.8) is 0 Å². The SMILES string of the molecule is Clc1ccccc1N=Nc1ccccc1. The smallest absolute Gasteiger partial charge is 0.104 e. The van der Waals surface area contributed by atoms with Gasteiger partial charge in [-0.1, -0.05) is 41.9 Å². The van der Waals surface area contributed by atoms with E-state index < -0.39 is 0 Å². The van der Waals surface area contributed by atoms with Crippen molar-refractivity contribution in [1.29, 1.82) is 0 Å². The van der Waals surface area contributed by atoms with Gasteiger partial charge in [0, 0.05) is 0 Å². The molecular formula is C12H9ClN2. The molecule has 0 saturated heterocycles. The molecule has 2 rings (SSSR count). The molecule has 0 heterocycles. The van der Waals surface area contributed by atoms with Gasteiger partial charge in [0.1, 0.15) is 5.69 Å². The number of rotatable bonds is 2. The summed E-state index contributed by atoms with van der Waals surface area (Å²) >= 11 is 5.94. The molecule has 0 fully saturated rings. The molecular weight excluding hydrogens is 208 g/mol. The van der Waals surface area contributed by atoms with Crippen LogP contribution in [0.1, 0.15) is 0 Å². The Labute approximate surface area is 93.2 Å². The molecule has 0 radical (unpaired) electrons. The zero-order valence-electron chi connectivity index (χ0n) is 7.97. The molecule has 0 bridgehead atoms. The van der Waals surface area contributed by atoms with Crippen molar-refractivity contribution in [3.05, 3.63) is 59.6 Å². The van der Waals surface area contributed by atoms with Gasteiger partial charge in [0.05, 0.1) is 10.7 Å². The Morgan fingerprint density at radius 3 is 2.13 bits per heavy atom. The van der Waals surface area contributed by atoms with E-state index in [0.29, 0.717) is 10.7 Å². The summed E-state index contributed by atoms with van der Waals surface area (Å²) in [6, 6.07) is 16.9. The third-order valence-electron chi connectivity index (χ3n) is 1.88. The van der Waals surface area contributed by atoms with Crippen molar-refractivity contribution in [3.8, 4) is 0 Å². The average molecular weight is 217 g/mol. The van der Waals surface area contributed by atoms with Gasteiger partial charge in [-0.3, -0.25) is 0 Å². The molecule has 0 atom stereocenters. The van der Waals surface area contributed by atoms with Crippen LogP contribution in [0.25, 0.3) is 0 Å². The molecule has 2 aromatic rings. The Bertz CT molecular complexity index is 466. The Morgan fingerprint density at radius 2 is 1.40 bits per heavy atom. The summed E-state index contributed by atoms with van der Waals surface area (Å²) in [7, 11) is 0. The van der Waals surface area contributed by atoms with E-state index in [0.717, 1.165) is 5.69 Å². The summed E-state index contributed by atoms with van der Waals surface area (Å²) in [6.45, 7) is 0. The number of halogens is 1. The molecule has 74 valence electrons. The summed E-state index contributed by atoms with van der Waals surface area (Å²) < 4.78 is 0. The quantitative estimate of drug-likeness (QED) is 0.647. The first-order valence-corrected chi connectivity index (χ1v) is 4.95. The highest BCUT2D eigenvalue weighted by Crippen LogP contribution is 2.25. The van der Waals surface area contributed by atoms with Crippen LogP contribution in [0.15, 0.2) is 64.8 Å². The molecule has 0 spiro atoms. The highest BCUT2D eigenvalue weighted by molar-refractivity contribution is 6.32. The van der Waals surface area contributed by atoms with Crippen LogP contribution >= 0.6 is 11.6 Å². The van der Waals surface area contributed by atoms with Gasteiger partial charge >= 0.3 is 0 Å². The van der Waals surface area contributed by atoms with Gasteiger partial charge < -0.3 is 0 Å². The van der Waals surface area contributed by atoms with E-state index in [1.165, 1.54) is 0 Å². The topological polar surface area (TPSA) is 24.7 Å². The average Bonchev–Trinajstić information content (AvgIpc) is 2.29. The van der Waals surface area contributed by atoms with Crippen molar-refractivity contribution < 1.29 is 0 Å². The molecule has 0 amide bonds. The molecule has 0 N–H and O–H groups in total. The zero-order valence-corrected chi connectivity index (χ0v) is 8.72. The van der Waals surface area contributed by atoms with Crippen LogP contribution in [0.2, 0.25) is 5.02 Å². The molecule has 15 heavy (non-hydrogen) atoms. The molecule has 0 aliphatic heterocycles. The number of hydrogen-bond donors (Lipinski definition) is 0. The van der Waals surface area contributed by atoms with Gasteiger partial charge in [-0.25, -0.2) is 0 Å². The maximum atomic E-state index is 5.94. The van der Waals surface area contributed by atoms with E-state index in [1.54, 1.807) is 6.07 Å². The van der Waals surface area contributed by atoms with Gasteiger partial charge in [-0.05, 0) is 24.3 Å². The molecule has 0 aliphatic rings. The Balaban J connectivity index is 2.23. The van der Waals surface area contributed by atoms with Crippen LogP contribution in [-0.4, -0.2) is 0 Å². The molecule has 2 nitrogen and oxygen atoms in total. The van der Waals surface area contributed by atoms with Crippen molar-refractivity contribution in [2.24, 2.45) is 10.2 Å². The lowest BCUT2D eigenvalue weighted by molar-refractivity contribution is 1.23. The van der Waals surface area contributed by atoms with E-state index in [9.17, 15) is 0 Å². The maximum absolute atomic E-state index is 5.94. The highest BCUT2D eigenvalue weighted by Gasteiger charge is 1.95. The van der Waals surface area contributed by atoms with Gasteiger partial charge in [0.2, 0.25) is 0 Å². The Kier molecular flexibility index (Phi) is 3.10. The predicted molar refractivity (Wildman–Crippen MR) is 62.1 cm³/mol. The summed E-state index contributed by atoms with van der Waals surface area (Å²) in [4.78, 5) is 0. The molecule has 0 saturated carbocycles. The minimum Gasteiger partial charge on any atom is -0.151 e. The number of nitrogens with zero attached hydrogens (tertiary/aromatic N) is 2. The second-order valence-electron chi connectivity index (χ2n) is 2.99. The van der Waals surface area contributed by atoms with Gasteiger partial charge in [0.25, 0.3) is 0 Å². The first kappa shape index (κ1) is 9.87. The van der Waals surface area contributed by atoms with Crippen molar-refractivity contribution in [2.45, 2.75) is 0 Å². The highest BCUT2D eigenvalue weighted by atomic mass is 35.5. The fraction of sp³-hybridized carbons (Fsp3) is 0. The second kappa shape index (κ2) is 4.71. The fourth-order valence-electron chi connectivity index (χ4n) is 1.14. The molecule has 0 aromatic heterocycles.